The summed E-state index contributed by atoms with van der Waals surface area (Å²) >= 11 is 0. The quantitative estimate of drug-likeness (QED) is 0.654. The van der Waals surface area contributed by atoms with Crippen LogP contribution in [-0.4, -0.2) is 11.5 Å². The van der Waals surface area contributed by atoms with Crippen molar-refractivity contribution < 1.29 is 4.92 Å². The predicted molar refractivity (Wildman–Crippen MR) is 67.2 cm³/mol. The molecule has 0 radical (unpaired) electrons. The summed E-state index contributed by atoms with van der Waals surface area (Å²) in [6.45, 7) is 4.41. The second kappa shape index (κ2) is 6.45. The van der Waals surface area contributed by atoms with E-state index in [9.17, 15) is 10.1 Å². The SMILES string of the molecule is CC(C)c1ccc(CCN)cc1[N+](=O)[O-].Cl. The van der Waals surface area contributed by atoms with Crippen LogP contribution in [0.15, 0.2) is 18.2 Å². The van der Waals surface area contributed by atoms with Crippen LogP contribution in [0.3, 0.4) is 0 Å². The molecule has 0 spiro atoms. The normalized spacial score (nSPS) is 10.0. The van der Waals surface area contributed by atoms with E-state index in [-0.39, 0.29) is 28.9 Å². The summed E-state index contributed by atoms with van der Waals surface area (Å²) in [4.78, 5) is 10.5. The summed E-state index contributed by atoms with van der Waals surface area (Å²) in [5, 5.41) is 10.9. The minimum atomic E-state index is -0.324. The van der Waals surface area contributed by atoms with Gasteiger partial charge in [0.05, 0.1) is 4.92 Å². The Labute approximate surface area is 101 Å². The lowest BCUT2D eigenvalue weighted by Gasteiger charge is -2.07. The fourth-order valence-corrected chi connectivity index (χ4v) is 1.56. The largest absolute Gasteiger partial charge is 0.330 e. The summed E-state index contributed by atoms with van der Waals surface area (Å²) in [5.41, 5.74) is 7.32. The van der Waals surface area contributed by atoms with Gasteiger partial charge in [-0.1, -0.05) is 26.0 Å². The number of hydrogen-bond acceptors (Lipinski definition) is 3. The molecule has 0 aliphatic carbocycles. The first kappa shape index (κ1) is 14.9. The number of benzene rings is 1. The second-order valence-electron chi connectivity index (χ2n) is 3.84. The van der Waals surface area contributed by atoms with Crippen LogP contribution in [0.1, 0.15) is 30.9 Å². The molecule has 0 atom stereocenters. The van der Waals surface area contributed by atoms with Gasteiger partial charge in [0.25, 0.3) is 5.69 Å². The predicted octanol–water partition coefficient (Wildman–Crippen LogP) is 2.64. The molecule has 0 saturated carbocycles. The molecule has 0 aliphatic heterocycles. The van der Waals surface area contributed by atoms with Gasteiger partial charge in [-0.15, -0.1) is 12.4 Å². The molecule has 0 saturated heterocycles. The Morgan fingerprint density at radius 2 is 2.06 bits per heavy atom. The van der Waals surface area contributed by atoms with E-state index < -0.39 is 0 Å². The van der Waals surface area contributed by atoms with Gasteiger partial charge < -0.3 is 5.73 Å². The van der Waals surface area contributed by atoms with Crippen molar-refractivity contribution in [3.63, 3.8) is 0 Å². The Morgan fingerprint density at radius 3 is 2.50 bits per heavy atom. The summed E-state index contributed by atoms with van der Waals surface area (Å²) in [6, 6.07) is 5.37. The van der Waals surface area contributed by atoms with Crippen LogP contribution in [0.2, 0.25) is 0 Å². The van der Waals surface area contributed by atoms with E-state index in [1.54, 1.807) is 6.07 Å². The highest BCUT2D eigenvalue weighted by Gasteiger charge is 2.16. The number of rotatable bonds is 4. The van der Waals surface area contributed by atoms with Crippen LogP contribution in [0.5, 0.6) is 0 Å². The standard InChI is InChI=1S/C11H16N2O2.ClH/c1-8(2)10-4-3-9(5-6-12)7-11(10)13(14)15;/h3-4,7-8H,5-6,12H2,1-2H3;1H. The van der Waals surface area contributed by atoms with Gasteiger partial charge in [-0.25, -0.2) is 0 Å². The van der Waals surface area contributed by atoms with Gasteiger partial charge in [0, 0.05) is 11.6 Å². The third kappa shape index (κ3) is 3.47. The smallest absolute Gasteiger partial charge is 0.273 e. The summed E-state index contributed by atoms with van der Waals surface area (Å²) < 4.78 is 0. The maximum atomic E-state index is 10.9. The minimum absolute atomic E-state index is 0. The first-order valence-electron chi connectivity index (χ1n) is 5.03. The van der Waals surface area contributed by atoms with Crippen molar-refractivity contribution in [1.82, 2.24) is 0 Å². The van der Waals surface area contributed by atoms with E-state index in [0.717, 1.165) is 11.1 Å². The third-order valence-electron chi connectivity index (χ3n) is 2.35. The molecule has 5 heteroatoms. The molecular formula is C11H17ClN2O2. The van der Waals surface area contributed by atoms with Gasteiger partial charge in [-0.3, -0.25) is 10.1 Å². The lowest BCUT2D eigenvalue weighted by Crippen LogP contribution is -2.04. The molecule has 1 aromatic rings. The van der Waals surface area contributed by atoms with E-state index in [1.807, 2.05) is 26.0 Å². The Kier molecular flexibility index (Phi) is 6.00. The molecule has 0 bridgehead atoms. The zero-order valence-electron chi connectivity index (χ0n) is 9.47. The highest BCUT2D eigenvalue weighted by molar-refractivity contribution is 5.85. The lowest BCUT2D eigenvalue weighted by molar-refractivity contribution is -0.385. The Balaban J connectivity index is 0.00000225. The van der Waals surface area contributed by atoms with Crippen molar-refractivity contribution in [2.24, 2.45) is 5.73 Å². The summed E-state index contributed by atoms with van der Waals surface area (Å²) in [6.07, 6.45) is 0.680. The van der Waals surface area contributed by atoms with Crippen molar-refractivity contribution in [2.75, 3.05) is 6.54 Å². The van der Waals surface area contributed by atoms with E-state index in [2.05, 4.69) is 0 Å². The first-order valence-corrected chi connectivity index (χ1v) is 5.03. The Hall–Kier alpha value is -1.13. The fraction of sp³-hybridized carbons (Fsp3) is 0.455. The topological polar surface area (TPSA) is 69.2 Å². The molecule has 0 amide bonds. The molecular weight excluding hydrogens is 228 g/mol. The number of nitro groups is 1. The van der Waals surface area contributed by atoms with Gasteiger partial charge >= 0.3 is 0 Å². The van der Waals surface area contributed by atoms with Gasteiger partial charge in [-0.05, 0) is 24.4 Å². The zero-order valence-corrected chi connectivity index (χ0v) is 10.3. The van der Waals surface area contributed by atoms with Crippen molar-refractivity contribution in [1.29, 1.82) is 0 Å². The molecule has 16 heavy (non-hydrogen) atoms. The highest BCUT2D eigenvalue weighted by atomic mass is 35.5. The molecule has 0 heterocycles. The number of nitrogens with two attached hydrogens (primary N) is 1. The third-order valence-corrected chi connectivity index (χ3v) is 2.35. The molecule has 2 N–H and O–H groups in total. The van der Waals surface area contributed by atoms with Crippen molar-refractivity contribution in [2.45, 2.75) is 26.2 Å². The monoisotopic (exact) mass is 244 g/mol. The Morgan fingerprint density at radius 1 is 1.44 bits per heavy atom. The molecule has 0 unspecified atom stereocenters. The van der Waals surface area contributed by atoms with Crippen LogP contribution < -0.4 is 5.73 Å². The maximum absolute atomic E-state index is 10.9. The summed E-state index contributed by atoms with van der Waals surface area (Å²) in [7, 11) is 0. The lowest BCUT2D eigenvalue weighted by atomic mass is 9.98. The van der Waals surface area contributed by atoms with Crippen LogP contribution in [-0.2, 0) is 6.42 Å². The number of hydrogen-bond donors (Lipinski definition) is 1. The molecule has 1 aromatic carbocycles. The van der Waals surface area contributed by atoms with Crippen molar-refractivity contribution >= 4 is 18.1 Å². The van der Waals surface area contributed by atoms with Gasteiger partial charge in [0.1, 0.15) is 0 Å². The molecule has 0 aliphatic rings. The molecule has 1 rings (SSSR count). The van der Waals surface area contributed by atoms with E-state index >= 15 is 0 Å². The number of nitrogens with zero attached hydrogens (tertiary/aromatic N) is 1. The molecule has 0 aromatic heterocycles. The highest BCUT2D eigenvalue weighted by Crippen LogP contribution is 2.27. The zero-order chi connectivity index (χ0) is 11.4. The molecule has 0 fully saturated rings. The van der Waals surface area contributed by atoms with E-state index in [1.165, 1.54) is 0 Å². The number of halogens is 1. The van der Waals surface area contributed by atoms with Crippen molar-refractivity contribution in [3.05, 3.63) is 39.4 Å². The van der Waals surface area contributed by atoms with Gasteiger partial charge in [0.2, 0.25) is 0 Å². The van der Waals surface area contributed by atoms with Crippen LogP contribution in [0, 0.1) is 10.1 Å². The van der Waals surface area contributed by atoms with Gasteiger partial charge in [0.15, 0.2) is 0 Å². The van der Waals surface area contributed by atoms with Gasteiger partial charge in [-0.2, -0.15) is 0 Å². The first-order chi connectivity index (χ1) is 7.06. The molecule has 4 nitrogen and oxygen atoms in total. The van der Waals surface area contributed by atoms with Crippen molar-refractivity contribution in [3.8, 4) is 0 Å². The second-order valence-corrected chi connectivity index (χ2v) is 3.84. The maximum Gasteiger partial charge on any atom is 0.273 e. The average Bonchev–Trinajstić information content (AvgIpc) is 2.17. The average molecular weight is 245 g/mol. The van der Waals surface area contributed by atoms with Crippen LogP contribution in [0.25, 0.3) is 0 Å². The summed E-state index contributed by atoms with van der Waals surface area (Å²) in [5.74, 6) is 0.164. The van der Waals surface area contributed by atoms with Crippen LogP contribution in [0.4, 0.5) is 5.69 Å². The minimum Gasteiger partial charge on any atom is -0.330 e. The fourth-order valence-electron chi connectivity index (χ4n) is 1.56. The van der Waals surface area contributed by atoms with Crippen LogP contribution >= 0.6 is 12.4 Å². The van der Waals surface area contributed by atoms with E-state index in [4.69, 9.17) is 5.73 Å². The number of nitro benzene ring substituents is 1. The van der Waals surface area contributed by atoms with E-state index in [0.29, 0.717) is 13.0 Å². The Bertz CT molecular complexity index is 367. The molecule has 90 valence electrons.